The Morgan fingerprint density at radius 1 is 0.960 bits per heavy atom. The minimum absolute atomic E-state index is 0.0335. The van der Waals surface area contributed by atoms with Gasteiger partial charge in [-0.15, -0.1) is 0 Å². The third kappa shape index (κ3) is 8.18. The van der Waals surface area contributed by atoms with Crippen molar-refractivity contribution in [3.05, 3.63) is 107 Å². The number of likely N-dealkylation sites (tertiary alicyclic amines) is 1. The molecule has 1 saturated heterocycles. The van der Waals surface area contributed by atoms with Gasteiger partial charge >= 0.3 is 0 Å². The third-order valence-corrected chi connectivity index (χ3v) is 9.98. The lowest BCUT2D eigenvalue weighted by Crippen LogP contribution is -2.42. The summed E-state index contributed by atoms with van der Waals surface area (Å²) in [6.07, 6.45) is 2.92. The Kier molecular flexibility index (Phi) is 10.6. The summed E-state index contributed by atoms with van der Waals surface area (Å²) in [4.78, 5) is 25.3. The smallest absolute Gasteiger partial charge is 0.297 e. The van der Waals surface area contributed by atoms with Crippen LogP contribution in [0.3, 0.4) is 0 Å². The Hall–Kier alpha value is -4.72. The molecule has 3 heterocycles. The fourth-order valence-electron chi connectivity index (χ4n) is 6.00. The lowest BCUT2D eigenvalue weighted by Gasteiger charge is -2.35. The second kappa shape index (κ2) is 15.0. The summed E-state index contributed by atoms with van der Waals surface area (Å²) >= 11 is 0. The van der Waals surface area contributed by atoms with Crippen LogP contribution in [0.15, 0.2) is 88.7 Å². The molecule has 0 unspecified atom stereocenters. The van der Waals surface area contributed by atoms with Gasteiger partial charge in [0.15, 0.2) is 0 Å². The van der Waals surface area contributed by atoms with E-state index in [2.05, 4.69) is 23.7 Å². The maximum Gasteiger partial charge on any atom is 0.297 e. The molecule has 0 radical (unpaired) electrons. The van der Waals surface area contributed by atoms with Gasteiger partial charge in [-0.05, 0) is 94.6 Å². The lowest BCUT2D eigenvalue weighted by atomic mass is 9.96. The van der Waals surface area contributed by atoms with Gasteiger partial charge in [0.25, 0.3) is 15.7 Å². The highest BCUT2D eigenvalue weighted by Gasteiger charge is 2.25. The number of piperidine rings is 1. The number of halogens is 2. The van der Waals surface area contributed by atoms with Crippen LogP contribution in [-0.4, -0.2) is 60.2 Å². The van der Waals surface area contributed by atoms with Crippen LogP contribution in [0.5, 0.6) is 17.4 Å². The van der Waals surface area contributed by atoms with Gasteiger partial charge in [-0.3, -0.25) is 13.5 Å². The molecule has 1 fully saturated rings. The molecule has 0 saturated carbocycles. The van der Waals surface area contributed by atoms with E-state index in [-0.39, 0.29) is 58.0 Å². The molecule has 6 rings (SSSR count). The van der Waals surface area contributed by atoms with E-state index in [0.29, 0.717) is 23.9 Å². The Labute approximate surface area is 289 Å². The molecule has 1 aliphatic heterocycles. The summed E-state index contributed by atoms with van der Waals surface area (Å²) in [6, 6.07) is 18.3. The van der Waals surface area contributed by atoms with Gasteiger partial charge in [0.1, 0.15) is 42.2 Å². The van der Waals surface area contributed by atoms with E-state index < -0.39 is 21.8 Å². The van der Waals surface area contributed by atoms with Crippen molar-refractivity contribution in [1.82, 2.24) is 19.4 Å². The molecule has 13 heteroatoms. The predicted octanol–water partition coefficient (Wildman–Crippen LogP) is 6.74. The summed E-state index contributed by atoms with van der Waals surface area (Å²) in [7, 11) is -3.97. The van der Waals surface area contributed by atoms with Crippen molar-refractivity contribution in [3.63, 3.8) is 0 Å². The van der Waals surface area contributed by atoms with E-state index in [1.807, 2.05) is 6.92 Å². The SMILES string of the molecule is Cc1ccc(S(=O)(=O)OCCOc2ccc(-c3nc4ccc(Oc5ccc(F)cn5)cc4c(=O)n3C[C@H]3CCCN(C(C)C)C3)c(F)c2)cc1. The number of ether oxygens (including phenoxy) is 2. The Morgan fingerprint density at radius 2 is 1.74 bits per heavy atom. The van der Waals surface area contributed by atoms with Crippen LogP contribution < -0.4 is 15.0 Å². The highest BCUT2D eigenvalue weighted by Crippen LogP contribution is 2.30. The van der Waals surface area contributed by atoms with Crippen molar-refractivity contribution >= 4 is 21.0 Å². The summed E-state index contributed by atoms with van der Waals surface area (Å²) in [5.41, 5.74) is 1.03. The zero-order chi connectivity index (χ0) is 35.4. The van der Waals surface area contributed by atoms with Gasteiger partial charge in [0.2, 0.25) is 5.88 Å². The van der Waals surface area contributed by atoms with Gasteiger partial charge < -0.3 is 14.4 Å². The second-order valence-corrected chi connectivity index (χ2v) is 14.2. The van der Waals surface area contributed by atoms with Gasteiger partial charge in [0, 0.05) is 31.3 Å². The van der Waals surface area contributed by atoms with Gasteiger partial charge in [-0.2, -0.15) is 8.42 Å². The van der Waals surface area contributed by atoms with E-state index in [0.717, 1.165) is 37.7 Å². The number of hydrogen-bond acceptors (Lipinski definition) is 9. The molecule has 0 N–H and O–H groups in total. The maximum absolute atomic E-state index is 15.9. The van der Waals surface area contributed by atoms with Crippen LogP contribution in [-0.2, 0) is 20.8 Å². The first-order valence-corrected chi connectivity index (χ1v) is 17.8. The zero-order valence-corrected chi connectivity index (χ0v) is 28.8. The quantitative estimate of drug-likeness (QED) is 0.103. The highest BCUT2D eigenvalue weighted by atomic mass is 32.2. The number of benzene rings is 3. The molecular weight excluding hydrogens is 666 g/mol. The molecular formula is C37H38F2N4O6S. The molecule has 2 aromatic heterocycles. The largest absolute Gasteiger partial charge is 0.491 e. The Morgan fingerprint density at radius 3 is 2.46 bits per heavy atom. The number of fused-ring (bicyclic) bond motifs is 1. The van der Waals surface area contributed by atoms with Crippen LogP contribution in [0.2, 0.25) is 0 Å². The van der Waals surface area contributed by atoms with Crippen molar-refractivity contribution in [1.29, 1.82) is 0 Å². The Balaban J connectivity index is 1.26. The first-order chi connectivity index (χ1) is 24.0. The number of rotatable bonds is 12. The van der Waals surface area contributed by atoms with Gasteiger partial charge in [0.05, 0.1) is 27.6 Å². The number of aromatic nitrogens is 3. The van der Waals surface area contributed by atoms with Crippen LogP contribution in [0.1, 0.15) is 32.3 Å². The molecule has 0 aliphatic carbocycles. The topological polar surface area (TPSA) is 113 Å². The lowest BCUT2D eigenvalue weighted by molar-refractivity contribution is 0.130. The molecule has 3 aromatic carbocycles. The Bertz CT molecular complexity index is 2140. The van der Waals surface area contributed by atoms with E-state index in [9.17, 15) is 17.6 Å². The number of aryl methyl sites for hydroxylation is 1. The highest BCUT2D eigenvalue weighted by molar-refractivity contribution is 7.86. The average Bonchev–Trinajstić information content (AvgIpc) is 3.09. The van der Waals surface area contributed by atoms with Crippen LogP contribution in [0, 0.1) is 24.5 Å². The standard InChI is InChI=1S/C37H38F2N4O6S/c1-24(2)42-16-4-5-26(22-42)23-43-36(41-34-14-10-29(19-32(34)37(43)44)49-35-15-8-27(38)21-40-35)31-13-9-28(20-33(31)39)47-17-18-48-50(45,46)30-11-6-25(3)7-12-30/h6-15,19-21,24,26H,4-5,16-18,22-23H2,1-3H3/t26-/m0/s1. The zero-order valence-electron chi connectivity index (χ0n) is 28.0. The number of hydrogen-bond donors (Lipinski definition) is 0. The van der Waals surface area contributed by atoms with Crippen molar-refractivity contribution in [2.24, 2.45) is 5.92 Å². The van der Waals surface area contributed by atoms with Crippen molar-refractivity contribution < 1.29 is 30.9 Å². The van der Waals surface area contributed by atoms with Crippen LogP contribution in [0.25, 0.3) is 22.3 Å². The average molecular weight is 705 g/mol. The van der Waals surface area contributed by atoms with Crippen molar-refractivity contribution in [3.8, 4) is 28.8 Å². The minimum atomic E-state index is -3.97. The second-order valence-electron chi connectivity index (χ2n) is 12.6. The molecule has 1 aliphatic rings. The summed E-state index contributed by atoms with van der Waals surface area (Å²) in [5.74, 6) is -0.211. The van der Waals surface area contributed by atoms with Crippen LogP contribution in [0.4, 0.5) is 8.78 Å². The van der Waals surface area contributed by atoms with Crippen molar-refractivity contribution in [2.75, 3.05) is 26.3 Å². The molecule has 50 heavy (non-hydrogen) atoms. The summed E-state index contributed by atoms with van der Waals surface area (Å²) in [5, 5.41) is 0.283. The molecule has 5 aromatic rings. The van der Waals surface area contributed by atoms with E-state index in [1.165, 1.54) is 41.0 Å². The van der Waals surface area contributed by atoms with E-state index in [4.69, 9.17) is 18.6 Å². The van der Waals surface area contributed by atoms with E-state index >= 15 is 4.39 Å². The summed E-state index contributed by atoms with van der Waals surface area (Å²) in [6.45, 7) is 7.81. The van der Waals surface area contributed by atoms with Crippen molar-refractivity contribution in [2.45, 2.75) is 51.1 Å². The first kappa shape index (κ1) is 35.1. The fourth-order valence-corrected chi connectivity index (χ4v) is 6.89. The number of pyridine rings is 1. The molecule has 262 valence electrons. The first-order valence-electron chi connectivity index (χ1n) is 16.4. The normalized spacial score (nSPS) is 15.4. The van der Waals surface area contributed by atoms with Gasteiger partial charge in [-0.25, -0.2) is 18.7 Å². The molecule has 0 amide bonds. The maximum atomic E-state index is 15.9. The molecule has 0 bridgehead atoms. The predicted molar refractivity (Wildman–Crippen MR) is 185 cm³/mol. The summed E-state index contributed by atoms with van der Waals surface area (Å²) < 4.78 is 72.2. The minimum Gasteiger partial charge on any atom is -0.491 e. The number of nitrogens with zero attached hydrogens (tertiary/aromatic N) is 4. The van der Waals surface area contributed by atoms with E-state index in [1.54, 1.807) is 36.4 Å². The monoisotopic (exact) mass is 704 g/mol. The van der Waals surface area contributed by atoms with Gasteiger partial charge in [-0.1, -0.05) is 17.7 Å². The molecule has 0 spiro atoms. The van der Waals surface area contributed by atoms with Crippen LogP contribution >= 0.6 is 0 Å². The molecule has 1 atom stereocenters. The molecule has 10 nitrogen and oxygen atoms in total. The fraction of sp³-hybridized carbons (Fsp3) is 0.324. The third-order valence-electron chi connectivity index (χ3n) is 8.65.